The normalized spacial score (nSPS) is 20.9. The molecule has 1 aliphatic carbocycles. The third kappa shape index (κ3) is 6.07. The van der Waals surface area contributed by atoms with Gasteiger partial charge in [-0.25, -0.2) is 0 Å². The van der Waals surface area contributed by atoms with Crippen LogP contribution in [0.15, 0.2) is 48.2 Å². The number of methoxy groups -OCH3 is 2. The van der Waals surface area contributed by atoms with Crippen LogP contribution in [-0.2, 0) is 14.3 Å². The van der Waals surface area contributed by atoms with Crippen molar-refractivity contribution >= 4 is 5.91 Å². The second-order valence-corrected chi connectivity index (χ2v) is 7.81. The summed E-state index contributed by atoms with van der Waals surface area (Å²) in [7, 11) is 4.98. The van der Waals surface area contributed by atoms with Gasteiger partial charge in [0.2, 0.25) is 5.91 Å². The Morgan fingerprint density at radius 1 is 1.34 bits per heavy atom. The Balaban J connectivity index is 2.28. The molecule has 4 unspecified atom stereocenters. The van der Waals surface area contributed by atoms with Crippen LogP contribution >= 0.6 is 0 Å². The summed E-state index contributed by atoms with van der Waals surface area (Å²) in [5.41, 5.74) is 0.900. The molecule has 0 radical (unpaired) electrons. The van der Waals surface area contributed by atoms with Gasteiger partial charge in [0.25, 0.3) is 0 Å². The summed E-state index contributed by atoms with van der Waals surface area (Å²) in [5, 5.41) is 10.8. The van der Waals surface area contributed by atoms with E-state index in [0.29, 0.717) is 17.4 Å². The minimum absolute atomic E-state index is 0.0472. The lowest BCUT2D eigenvalue weighted by Crippen LogP contribution is -2.36. The maximum atomic E-state index is 13.1. The van der Waals surface area contributed by atoms with Crippen LogP contribution in [0.1, 0.15) is 44.6 Å². The number of rotatable bonds is 10. The summed E-state index contributed by atoms with van der Waals surface area (Å²) in [5.74, 6) is 0.982. The van der Waals surface area contributed by atoms with Crippen LogP contribution in [0, 0.1) is 11.8 Å². The molecule has 4 atom stereocenters. The number of nitrogens with zero attached hydrogens (tertiary/aromatic N) is 2. The summed E-state index contributed by atoms with van der Waals surface area (Å²) < 4.78 is 10.9. The van der Waals surface area contributed by atoms with E-state index in [0.717, 1.165) is 24.9 Å². The van der Waals surface area contributed by atoms with Crippen molar-refractivity contribution in [3.8, 4) is 0 Å². The van der Waals surface area contributed by atoms with Crippen LogP contribution in [0.5, 0.6) is 0 Å². The molecule has 2 rings (SSSR count). The highest BCUT2D eigenvalue weighted by molar-refractivity contribution is 5.77. The van der Waals surface area contributed by atoms with Crippen molar-refractivity contribution in [3.05, 3.63) is 53.8 Å². The van der Waals surface area contributed by atoms with Crippen molar-refractivity contribution in [2.24, 2.45) is 11.8 Å². The molecule has 0 bridgehead atoms. The van der Waals surface area contributed by atoms with Gasteiger partial charge in [-0.05, 0) is 30.0 Å². The largest absolute Gasteiger partial charge is 0.501 e. The van der Waals surface area contributed by atoms with Gasteiger partial charge in [0.05, 0.1) is 26.2 Å². The average Bonchev–Trinajstić information content (AvgIpc) is 2.72. The van der Waals surface area contributed by atoms with Crippen molar-refractivity contribution < 1.29 is 19.4 Å². The molecule has 0 saturated heterocycles. The molecule has 0 fully saturated rings. The molecule has 0 saturated carbocycles. The topological polar surface area (TPSA) is 71.9 Å². The highest BCUT2D eigenvalue weighted by Crippen LogP contribution is 2.39. The fraction of sp³-hybridized carbons (Fsp3) is 0.565. The van der Waals surface area contributed by atoms with Crippen LogP contribution in [0.2, 0.25) is 0 Å². The number of carbonyl (C=O) groups excluding carboxylic acids is 1. The van der Waals surface area contributed by atoms with E-state index in [-0.39, 0.29) is 18.2 Å². The molecule has 0 spiro atoms. The predicted molar refractivity (Wildman–Crippen MR) is 113 cm³/mol. The second kappa shape index (κ2) is 11.0. The van der Waals surface area contributed by atoms with Crippen molar-refractivity contribution in [2.45, 2.75) is 45.1 Å². The number of hydrogen-bond donors (Lipinski definition) is 1. The number of ether oxygens (including phenoxy) is 2. The third-order valence-electron chi connectivity index (χ3n) is 5.52. The van der Waals surface area contributed by atoms with Gasteiger partial charge in [0.1, 0.15) is 11.5 Å². The van der Waals surface area contributed by atoms with Crippen LogP contribution < -0.4 is 0 Å². The zero-order chi connectivity index (χ0) is 21.4. The lowest BCUT2D eigenvalue weighted by molar-refractivity contribution is -0.131. The molecule has 29 heavy (non-hydrogen) atoms. The number of aliphatic hydroxyl groups is 1. The fourth-order valence-corrected chi connectivity index (χ4v) is 4.03. The Labute approximate surface area is 174 Å². The monoisotopic (exact) mass is 402 g/mol. The minimum atomic E-state index is -0.827. The van der Waals surface area contributed by atoms with Crippen LogP contribution in [0.4, 0.5) is 0 Å². The van der Waals surface area contributed by atoms with Crippen LogP contribution in [-0.4, -0.2) is 54.8 Å². The number of allylic oxidation sites excluding steroid dienone is 1. The molecule has 0 aliphatic heterocycles. The van der Waals surface area contributed by atoms with E-state index in [1.54, 1.807) is 43.7 Å². The lowest BCUT2D eigenvalue weighted by Gasteiger charge is -2.34. The van der Waals surface area contributed by atoms with Gasteiger partial charge < -0.3 is 19.5 Å². The molecule has 1 aromatic heterocycles. The van der Waals surface area contributed by atoms with E-state index in [1.807, 2.05) is 19.2 Å². The SMILES string of the molecule is CCCC(C)CN(C)C(=O)CC(c1cccnc1)C1C(OC)=CC(OC)=CC1O. The quantitative estimate of drug-likeness (QED) is 0.648. The van der Waals surface area contributed by atoms with Crippen LogP contribution in [0.25, 0.3) is 0 Å². The predicted octanol–water partition coefficient (Wildman–Crippen LogP) is 3.50. The standard InChI is InChI=1S/C23H34N2O4/c1-6-8-16(2)15-25(3)22(27)13-19(17-9-7-10-24-14-17)23-20(26)11-18(28-4)12-21(23)29-5/h7,9-12,14,16,19-20,23,26H,6,8,13,15H2,1-5H3. The molecular formula is C23H34N2O4. The molecule has 1 heterocycles. The van der Waals surface area contributed by atoms with Crippen molar-refractivity contribution in [1.29, 1.82) is 0 Å². The number of aliphatic hydroxyl groups excluding tert-OH is 1. The smallest absolute Gasteiger partial charge is 0.222 e. The fourth-order valence-electron chi connectivity index (χ4n) is 4.03. The first-order valence-electron chi connectivity index (χ1n) is 10.2. The number of carbonyl (C=O) groups is 1. The van der Waals surface area contributed by atoms with Gasteiger partial charge in [0, 0.05) is 44.4 Å². The van der Waals surface area contributed by atoms with E-state index in [1.165, 1.54) is 0 Å². The van der Waals surface area contributed by atoms with Gasteiger partial charge in [-0.1, -0.05) is 26.3 Å². The molecule has 1 aromatic rings. The first-order chi connectivity index (χ1) is 13.9. The van der Waals surface area contributed by atoms with Gasteiger partial charge in [-0.3, -0.25) is 9.78 Å². The van der Waals surface area contributed by atoms with Gasteiger partial charge in [-0.2, -0.15) is 0 Å². The van der Waals surface area contributed by atoms with E-state index in [9.17, 15) is 9.90 Å². The first-order valence-corrected chi connectivity index (χ1v) is 10.2. The third-order valence-corrected chi connectivity index (χ3v) is 5.52. The summed E-state index contributed by atoms with van der Waals surface area (Å²) in [6, 6.07) is 3.79. The molecule has 0 aromatic carbocycles. The molecule has 1 N–H and O–H groups in total. The summed E-state index contributed by atoms with van der Waals surface area (Å²) in [4.78, 5) is 19.1. The Hall–Kier alpha value is -2.34. The highest BCUT2D eigenvalue weighted by Gasteiger charge is 2.37. The van der Waals surface area contributed by atoms with Crippen LogP contribution in [0.3, 0.4) is 0 Å². The Bertz CT molecular complexity index is 717. The van der Waals surface area contributed by atoms with Gasteiger partial charge >= 0.3 is 0 Å². The van der Waals surface area contributed by atoms with E-state index in [2.05, 4.69) is 18.8 Å². The Morgan fingerprint density at radius 2 is 2.10 bits per heavy atom. The zero-order valence-corrected chi connectivity index (χ0v) is 18.2. The zero-order valence-electron chi connectivity index (χ0n) is 18.2. The van der Waals surface area contributed by atoms with Crippen molar-refractivity contribution in [1.82, 2.24) is 9.88 Å². The molecule has 160 valence electrons. The van der Waals surface area contributed by atoms with E-state index >= 15 is 0 Å². The molecule has 6 nitrogen and oxygen atoms in total. The number of aromatic nitrogens is 1. The maximum Gasteiger partial charge on any atom is 0.222 e. The lowest BCUT2D eigenvalue weighted by atomic mass is 9.77. The molecular weight excluding hydrogens is 368 g/mol. The van der Waals surface area contributed by atoms with Crippen molar-refractivity contribution in [2.75, 3.05) is 27.8 Å². The molecule has 6 heteroatoms. The summed E-state index contributed by atoms with van der Waals surface area (Å²) in [6.07, 6.45) is 8.53. The van der Waals surface area contributed by atoms with E-state index < -0.39 is 12.0 Å². The summed E-state index contributed by atoms with van der Waals surface area (Å²) >= 11 is 0. The van der Waals surface area contributed by atoms with Gasteiger partial charge in [-0.15, -0.1) is 0 Å². The minimum Gasteiger partial charge on any atom is -0.501 e. The van der Waals surface area contributed by atoms with E-state index in [4.69, 9.17) is 9.47 Å². The Morgan fingerprint density at radius 3 is 2.69 bits per heavy atom. The van der Waals surface area contributed by atoms with Crippen molar-refractivity contribution in [3.63, 3.8) is 0 Å². The molecule has 1 amide bonds. The number of hydrogen-bond acceptors (Lipinski definition) is 5. The highest BCUT2D eigenvalue weighted by atomic mass is 16.5. The molecule has 1 aliphatic rings. The average molecular weight is 403 g/mol. The number of pyridine rings is 1. The first kappa shape index (κ1) is 22.9. The Kier molecular flexibility index (Phi) is 8.70. The van der Waals surface area contributed by atoms with Gasteiger partial charge in [0.15, 0.2) is 0 Å². The summed E-state index contributed by atoms with van der Waals surface area (Å²) in [6.45, 7) is 5.04. The maximum absolute atomic E-state index is 13.1. The number of amides is 1. The second-order valence-electron chi connectivity index (χ2n) is 7.81.